The molecule has 1 aromatic carbocycles. The Morgan fingerprint density at radius 2 is 2.06 bits per heavy atom. The molecule has 1 N–H and O–H groups in total. The molecule has 2 saturated heterocycles. The Morgan fingerprint density at radius 1 is 1.29 bits per heavy atom. The third-order valence-electron chi connectivity index (χ3n) is 3.72. The first-order valence-electron chi connectivity index (χ1n) is 5.96. The summed E-state index contributed by atoms with van der Waals surface area (Å²) in [5.74, 6) is 1.73. The van der Waals surface area contributed by atoms with Gasteiger partial charge in [-0.3, -0.25) is 4.79 Å². The lowest BCUT2D eigenvalue weighted by Crippen LogP contribution is -2.30. The largest absolute Gasteiger partial charge is 0.497 e. The van der Waals surface area contributed by atoms with Gasteiger partial charge in [0.25, 0.3) is 0 Å². The van der Waals surface area contributed by atoms with Gasteiger partial charge >= 0.3 is 0 Å². The summed E-state index contributed by atoms with van der Waals surface area (Å²) < 4.78 is 5.12. The molecule has 90 valence electrons. The molecule has 0 saturated carbocycles. The fraction of sp³-hybridized carbons (Fsp3) is 0.462. The molecule has 0 aliphatic carbocycles. The molecule has 2 fully saturated rings. The summed E-state index contributed by atoms with van der Waals surface area (Å²) in [5.41, 5.74) is 0.977. The van der Waals surface area contributed by atoms with Gasteiger partial charge in [0.15, 0.2) is 0 Å². The SMILES string of the molecule is COc1ccc(N2C[C@H]3CNC[C@H]3C2=O)cc1. The monoisotopic (exact) mass is 232 g/mol. The molecule has 2 aliphatic rings. The van der Waals surface area contributed by atoms with E-state index in [0.29, 0.717) is 5.92 Å². The topological polar surface area (TPSA) is 41.6 Å². The number of hydrogen-bond acceptors (Lipinski definition) is 3. The number of methoxy groups -OCH3 is 1. The zero-order chi connectivity index (χ0) is 11.8. The van der Waals surface area contributed by atoms with Crippen LogP contribution in [0.4, 0.5) is 5.69 Å². The standard InChI is InChI=1S/C13H16N2O2/c1-17-11-4-2-10(3-5-11)15-8-9-6-14-7-12(9)13(15)16/h2-5,9,12,14H,6-8H2,1H3/t9-,12-/m1/s1. The van der Waals surface area contributed by atoms with E-state index >= 15 is 0 Å². The average molecular weight is 232 g/mol. The number of carbonyl (C=O) groups is 1. The second-order valence-corrected chi connectivity index (χ2v) is 4.67. The van der Waals surface area contributed by atoms with Gasteiger partial charge in [-0.05, 0) is 24.3 Å². The third kappa shape index (κ3) is 1.69. The molecule has 1 aromatic rings. The maximum Gasteiger partial charge on any atom is 0.231 e. The van der Waals surface area contributed by atoms with Gasteiger partial charge in [0.1, 0.15) is 5.75 Å². The zero-order valence-corrected chi connectivity index (χ0v) is 9.85. The Bertz CT molecular complexity index is 430. The number of benzene rings is 1. The van der Waals surface area contributed by atoms with Crippen LogP contribution < -0.4 is 15.0 Å². The molecule has 0 spiro atoms. The summed E-state index contributed by atoms with van der Waals surface area (Å²) in [6, 6.07) is 7.69. The number of anilines is 1. The Kier molecular flexibility index (Phi) is 2.52. The summed E-state index contributed by atoms with van der Waals surface area (Å²) in [4.78, 5) is 14.1. The molecule has 0 unspecified atom stereocenters. The lowest BCUT2D eigenvalue weighted by Gasteiger charge is -2.18. The van der Waals surface area contributed by atoms with Crippen molar-refractivity contribution in [3.8, 4) is 5.75 Å². The lowest BCUT2D eigenvalue weighted by molar-refractivity contribution is -0.120. The van der Waals surface area contributed by atoms with Crippen molar-refractivity contribution in [2.24, 2.45) is 11.8 Å². The second-order valence-electron chi connectivity index (χ2n) is 4.67. The van der Waals surface area contributed by atoms with Crippen LogP contribution in [-0.4, -0.2) is 32.7 Å². The van der Waals surface area contributed by atoms with Crippen LogP contribution in [0.1, 0.15) is 0 Å². The highest BCUT2D eigenvalue weighted by Gasteiger charge is 2.43. The van der Waals surface area contributed by atoms with Crippen molar-refractivity contribution in [3.63, 3.8) is 0 Å². The van der Waals surface area contributed by atoms with Crippen molar-refractivity contribution in [2.75, 3.05) is 31.6 Å². The first kappa shape index (κ1) is 10.6. The van der Waals surface area contributed by atoms with Crippen molar-refractivity contribution in [3.05, 3.63) is 24.3 Å². The molecule has 2 aliphatic heterocycles. The van der Waals surface area contributed by atoms with Crippen LogP contribution in [0.3, 0.4) is 0 Å². The number of nitrogens with zero attached hydrogens (tertiary/aromatic N) is 1. The summed E-state index contributed by atoms with van der Waals surface area (Å²) >= 11 is 0. The van der Waals surface area contributed by atoms with E-state index in [1.807, 2.05) is 29.2 Å². The highest BCUT2D eigenvalue weighted by Crippen LogP contribution is 2.32. The molecule has 2 atom stereocenters. The highest BCUT2D eigenvalue weighted by atomic mass is 16.5. The molecule has 3 rings (SSSR count). The number of carbonyl (C=O) groups excluding carboxylic acids is 1. The van der Waals surface area contributed by atoms with Crippen LogP contribution in [0.25, 0.3) is 0 Å². The summed E-state index contributed by atoms with van der Waals surface area (Å²) in [7, 11) is 1.64. The van der Waals surface area contributed by atoms with Crippen molar-refractivity contribution < 1.29 is 9.53 Å². The molecule has 0 aromatic heterocycles. The number of fused-ring (bicyclic) bond motifs is 1. The predicted octanol–water partition coefficient (Wildman–Crippen LogP) is 0.877. The molecule has 0 bridgehead atoms. The molecule has 0 radical (unpaired) electrons. The third-order valence-corrected chi connectivity index (χ3v) is 3.72. The maximum absolute atomic E-state index is 12.2. The van der Waals surface area contributed by atoms with Gasteiger partial charge in [0.2, 0.25) is 5.91 Å². The minimum atomic E-state index is 0.178. The van der Waals surface area contributed by atoms with E-state index in [0.717, 1.165) is 31.1 Å². The summed E-state index contributed by atoms with van der Waals surface area (Å²) in [5, 5.41) is 3.28. The van der Waals surface area contributed by atoms with Crippen molar-refractivity contribution in [2.45, 2.75) is 0 Å². The lowest BCUT2D eigenvalue weighted by atomic mass is 10.0. The van der Waals surface area contributed by atoms with Gasteiger partial charge in [-0.2, -0.15) is 0 Å². The van der Waals surface area contributed by atoms with Crippen LogP contribution in [0.5, 0.6) is 5.75 Å². The minimum Gasteiger partial charge on any atom is -0.497 e. The number of amides is 1. The van der Waals surface area contributed by atoms with Crippen molar-refractivity contribution >= 4 is 11.6 Å². The maximum atomic E-state index is 12.2. The first-order chi connectivity index (χ1) is 8.29. The van der Waals surface area contributed by atoms with E-state index in [4.69, 9.17) is 4.74 Å². The van der Waals surface area contributed by atoms with E-state index in [2.05, 4.69) is 5.32 Å². The number of nitrogens with one attached hydrogen (secondary N) is 1. The highest BCUT2D eigenvalue weighted by molar-refractivity contribution is 5.98. The van der Waals surface area contributed by atoms with Crippen molar-refractivity contribution in [1.29, 1.82) is 0 Å². The Labute approximate surface area is 101 Å². The Hall–Kier alpha value is -1.55. The van der Waals surface area contributed by atoms with Crippen LogP contribution in [0, 0.1) is 11.8 Å². The van der Waals surface area contributed by atoms with E-state index in [-0.39, 0.29) is 11.8 Å². The van der Waals surface area contributed by atoms with Crippen molar-refractivity contribution in [1.82, 2.24) is 5.32 Å². The number of hydrogen-bond donors (Lipinski definition) is 1. The van der Waals surface area contributed by atoms with Crippen LogP contribution in [0.2, 0.25) is 0 Å². The summed E-state index contributed by atoms with van der Waals surface area (Å²) in [6.45, 7) is 2.63. The van der Waals surface area contributed by atoms with E-state index in [1.54, 1.807) is 7.11 Å². The van der Waals surface area contributed by atoms with Gasteiger partial charge < -0.3 is 15.0 Å². The Morgan fingerprint density at radius 3 is 2.71 bits per heavy atom. The van der Waals surface area contributed by atoms with Gasteiger partial charge in [-0.15, -0.1) is 0 Å². The van der Waals surface area contributed by atoms with Gasteiger partial charge in [-0.1, -0.05) is 0 Å². The normalized spacial score (nSPS) is 27.4. The van der Waals surface area contributed by atoms with E-state index in [1.165, 1.54) is 0 Å². The van der Waals surface area contributed by atoms with Gasteiger partial charge in [-0.25, -0.2) is 0 Å². The van der Waals surface area contributed by atoms with E-state index < -0.39 is 0 Å². The number of rotatable bonds is 2. The smallest absolute Gasteiger partial charge is 0.231 e. The fourth-order valence-electron chi connectivity index (χ4n) is 2.73. The van der Waals surface area contributed by atoms with Crippen LogP contribution >= 0.6 is 0 Å². The molecule has 4 nitrogen and oxygen atoms in total. The molecule has 4 heteroatoms. The summed E-state index contributed by atoms with van der Waals surface area (Å²) in [6.07, 6.45) is 0. The first-order valence-corrected chi connectivity index (χ1v) is 5.96. The minimum absolute atomic E-state index is 0.178. The zero-order valence-electron chi connectivity index (χ0n) is 9.85. The van der Waals surface area contributed by atoms with Crippen LogP contribution in [0.15, 0.2) is 24.3 Å². The molecule has 1 amide bonds. The molecule has 2 heterocycles. The van der Waals surface area contributed by atoms with E-state index in [9.17, 15) is 4.79 Å². The van der Waals surface area contributed by atoms with Crippen LogP contribution in [-0.2, 0) is 4.79 Å². The quantitative estimate of drug-likeness (QED) is 0.823. The molecule has 17 heavy (non-hydrogen) atoms. The Balaban J connectivity index is 1.82. The van der Waals surface area contributed by atoms with Gasteiger partial charge in [0.05, 0.1) is 13.0 Å². The second kappa shape index (κ2) is 4.04. The van der Waals surface area contributed by atoms with Gasteiger partial charge in [0, 0.05) is 31.2 Å². The molecular formula is C13H16N2O2. The predicted molar refractivity (Wildman–Crippen MR) is 65.2 cm³/mol. The molecular weight excluding hydrogens is 216 g/mol. The fourth-order valence-corrected chi connectivity index (χ4v) is 2.73. The number of ether oxygens (including phenoxy) is 1. The average Bonchev–Trinajstić information content (AvgIpc) is 2.93.